The van der Waals surface area contributed by atoms with Gasteiger partial charge in [-0.05, 0) is 30.7 Å². The normalized spacial score (nSPS) is 10.2. The molecule has 0 spiro atoms. The Morgan fingerprint density at radius 1 is 1.20 bits per heavy atom. The molecule has 0 atom stereocenters. The van der Waals surface area contributed by atoms with Crippen LogP contribution in [0.4, 0.5) is 0 Å². The fourth-order valence-electron chi connectivity index (χ4n) is 1.30. The Bertz CT molecular complexity index is 557. The Kier molecular flexibility index (Phi) is 5.53. The maximum absolute atomic E-state index is 11.5. The number of esters is 2. The van der Waals surface area contributed by atoms with Crippen molar-refractivity contribution in [2.75, 3.05) is 14.2 Å². The van der Waals surface area contributed by atoms with E-state index in [-0.39, 0.29) is 11.3 Å². The van der Waals surface area contributed by atoms with Gasteiger partial charge in [0.15, 0.2) is 11.5 Å². The van der Waals surface area contributed by atoms with Gasteiger partial charge in [0.2, 0.25) is 0 Å². The van der Waals surface area contributed by atoms with Crippen molar-refractivity contribution in [3.05, 3.63) is 42.0 Å². The van der Waals surface area contributed by atoms with Crippen molar-refractivity contribution in [2.24, 2.45) is 0 Å². The first-order chi connectivity index (χ1) is 9.47. The summed E-state index contributed by atoms with van der Waals surface area (Å²) in [5.41, 5.74) is 0.947. The molecular formula is C15H16O5. The monoisotopic (exact) mass is 276 g/mol. The Hall–Kier alpha value is -2.56. The average molecular weight is 276 g/mol. The SMILES string of the molecule is C=C(C)C(=O)Oc1cc(/C=C/C(=O)OC)ccc1OC. The molecule has 0 N–H and O–H groups in total. The molecule has 0 amide bonds. The van der Waals surface area contributed by atoms with E-state index in [1.54, 1.807) is 31.2 Å². The van der Waals surface area contributed by atoms with Crippen LogP contribution in [0.2, 0.25) is 0 Å². The van der Waals surface area contributed by atoms with Gasteiger partial charge in [-0.2, -0.15) is 0 Å². The quantitative estimate of drug-likeness (QED) is 0.469. The lowest BCUT2D eigenvalue weighted by Gasteiger charge is -2.09. The molecule has 0 aliphatic rings. The van der Waals surface area contributed by atoms with Gasteiger partial charge in [0.05, 0.1) is 14.2 Å². The minimum Gasteiger partial charge on any atom is -0.493 e. The van der Waals surface area contributed by atoms with Gasteiger partial charge in [-0.3, -0.25) is 0 Å². The van der Waals surface area contributed by atoms with Crippen molar-refractivity contribution < 1.29 is 23.8 Å². The summed E-state index contributed by atoms with van der Waals surface area (Å²) in [5, 5.41) is 0. The number of hydrogen-bond donors (Lipinski definition) is 0. The summed E-state index contributed by atoms with van der Waals surface area (Å²) in [6.07, 6.45) is 2.82. The first-order valence-electron chi connectivity index (χ1n) is 5.79. The molecule has 1 rings (SSSR count). The molecule has 0 radical (unpaired) electrons. The van der Waals surface area contributed by atoms with Gasteiger partial charge in [0, 0.05) is 11.6 Å². The number of methoxy groups -OCH3 is 2. The lowest BCUT2D eigenvalue weighted by molar-refractivity contribution is -0.134. The summed E-state index contributed by atoms with van der Waals surface area (Å²) in [5.74, 6) is -0.346. The molecule has 5 nitrogen and oxygen atoms in total. The Morgan fingerprint density at radius 3 is 2.45 bits per heavy atom. The largest absolute Gasteiger partial charge is 0.493 e. The van der Waals surface area contributed by atoms with E-state index in [0.717, 1.165) is 0 Å². The minimum atomic E-state index is -0.544. The van der Waals surface area contributed by atoms with Crippen molar-refractivity contribution >= 4 is 18.0 Å². The zero-order chi connectivity index (χ0) is 15.1. The second-order valence-corrected chi connectivity index (χ2v) is 3.94. The van der Waals surface area contributed by atoms with Gasteiger partial charge in [-0.1, -0.05) is 12.6 Å². The van der Waals surface area contributed by atoms with Crippen LogP contribution in [0.25, 0.3) is 6.08 Å². The van der Waals surface area contributed by atoms with Crippen molar-refractivity contribution in [3.8, 4) is 11.5 Å². The standard InChI is InChI=1S/C15H16O5/c1-10(2)15(17)20-13-9-11(5-7-12(13)18-3)6-8-14(16)19-4/h5-9H,1H2,2-4H3/b8-6+. The van der Waals surface area contributed by atoms with Crippen LogP contribution in [0.15, 0.2) is 36.4 Å². The molecule has 0 unspecified atom stereocenters. The number of rotatable bonds is 5. The van der Waals surface area contributed by atoms with Crippen molar-refractivity contribution in [3.63, 3.8) is 0 Å². The molecule has 0 fully saturated rings. The summed E-state index contributed by atoms with van der Waals surface area (Å²) in [6.45, 7) is 5.06. The van der Waals surface area contributed by atoms with E-state index in [1.165, 1.54) is 20.3 Å². The minimum absolute atomic E-state index is 0.257. The number of ether oxygens (including phenoxy) is 3. The molecule has 0 saturated heterocycles. The Labute approximate surface area is 117 Å². The number of carbonyl (C=O) groups is 2. The third-order valence-electron chi connectivity index (χ3n) is 2.35. The molecule has 1 aromatic rings. The third kappa shape index (κ3) is 4.28. The van der Waals surface area contributed by atoms with Crippen LogP contribution in [0.3, 0.4) is 0 Å². The molecule has 0 aliphatic carbocycles. The Morgan fingerprint density at radius 2 is 1.90 bits per heavy atom. The zero-order valence-corrected chi connectivity index (χ0v) is 11.6. The molecule has 0 aromatic heterocycles. The molecule has 0 heterocycles. The molecule has 0 aliphatic heterocycles. The fraction of sp³-hybridized carbons (Fsp3) is 0.200. The van der Waals surface area contributed by atoms with Crippen LogP contribution < -0.4 is 9.47 Å². The second kappa shape index (κ2) is 7.13. The van der Waals surface area contributed by atoms with E-state index in [0.29, 0.717) is 11.3 Å². The predicted molar refractivity (Wildman–Crippen MR) is 74.5 cm³/mol. The molecule has 106 valence electrons. The van der Waals surface area contributed by atoms with Gasteiger partial charge >= 0.3 is 11.9 Å². The first kappa shape index (κ1) is 15.5. The van der Waals surface area contributed by atoms with Crippen molar-refractivity contribution in [1.82, 2.24) is 0 Å². The van der Waals surface area contributed by atoms with Gasteiger partial charge in [0.25, 0.3) is 0 Å². The summed E-state index contributed by atoms with van der Waals surface area (Å²) < 4.78 is 14.8. The van der Waals surface area contributed by atoms with Crippen LogP contribution in [0.1, 0.15) is 12.5 Å². The highest BCUT2D eigenvalue weighted by Gasteiger charge is 2.11. The van der Waals surface area contributed by atoms with Crippen molar-refractivity contribution in [1.29, 1.82) is 0 Å². The molecule has 20 heavy (non-hydrogen) atoms. The van der Waals surface area contributed by atoms with E-state index in [2.05, 4.69) is 11.3 Å². The topological polar surface area (TPSA) is 61.8 Å². The van der Waals surface area contributed by atoms with E-state index in [9.17, 15) is 9.59 Å². The molecular weight excluding hydrogens is 260 g/mol. The smallest absolute Gasteiger partial charge is 0.338 e. The van der Waals surface area contributed by atoms with E-state index in [4.69, 9.17) is 9.47 Å². The van der Waals surface area contributed by atoms with Crippen LogP contribution >= 0.6 is 0 Å². The molecule has 0 bridgehead atoms. The van der Waals surface area contributed by atoms with Crippen LogP contribution in [0, 0.1) is 0 Å². The molecule has 0 saturated carbocycles. The lowest BCUT2D eigenvalue weighted by Crippen LogP contribution is -2.09. The van der Waals surface area contributed by atoms with Gasteiger partial charge in [-0.15, -0.1) is 0 Å². The van der Waals surface area contributed by atoms with E-state index >= 15 is 0 Å². The highest BCUT2D eigenvalue weighted by molar-refractivity contribution is 5.89. The van der Waals surface area contributed by atoms with Crippen molar-refractivity contribution in [2.45, 2.75) is 6.92 Å². The first-order valence-corrected chi connectivity index (χ1v) is 5.79. The second-order valence-electron chi connectivity index (χ2n) is 3.94. The van der Waals surface area contributed by atoms with Crippen LogP contribution in [-0.4, -0.2) is 26.2 Å². The van der Waals surface area contributed by atoms with E-state index < -0.39 is 11.9 Å². The highest BCUT2D eigenvalue weighted by atomic mass is 16.6. The predicted octanol–water partition coefficient (Wildman–Crippen LogP) is 2.36. The number of carbonyl (C=O) groups excluding carboxylic acids is 2. The summed E-state index contributed by atoms with van der Waals surface area (Å²) in [4.78, 5) is 22.6. The highest BCUT2D eigenvalue weighted by Crippen LogP contribution is 2.29. The zero-order valence-electron chi connectivity index (χ0n) is 11.6. The maximum Gasteiger partial charge on any atom is 0.338 e. The van der Waals surface area contributed by atoms with E-state index in [1.807, 2.05) is 0 Å². The number of benzene rings is 1. The summed E-state index contributed by atoms with van der Waals surface area (Å²) in [6, 6.07) is 4.94. The van der Waals surface area contributed by atoms with Gasteiger partial charge in [0.1, 0.15) is 0 Å². The summed E-state index contributed by atoms with van der Waals surface area (Å²) in [7, 11) is 2.76. The Balaban J connectivity index is 3.02. The van der Waals surface area contributed by atoms with Gasteiger partial charge < -0.3 is 14.2 Å². The number of hydrogen-bond acceptors (Lipinski definition) is 5. The van der Waals surface area contributed by atoms with Gasteiger partial charge in [-0.25, -0.2) is 9.59 Å². The average Bonchev–Trinajstić information content (AvgIpc) is 2.44. The van der Waals surface area contributed by atoms with Crippen LogP contribution in [0.5, 0.6) is 11.5 Å². The maximum atomic E-state index is 11.5. The summed E-state index contributed by atoms with van der Waals surface area (Å²) >= 11 is 0. The fourth-order valence-corrected chi connectivity index (χ4v) is 1.30. The molecule has 5 heteroatoms. The third-order valence-corrected chi connectivity index (χ3v) is 2.35. The lowest BCUT2D eigenvalue weighted by atomic mass is 10.2. The van der Waals surface area contributed by atoms with Crippen LogP contribution in [-0.2, 0) is 14.3 Å². The molecule has 1 aromatic carbocycles.